The predicted molar refractivity (Wildman–Crippen MR) is 41.0 cm³/mol. The zero-order valence-electron chi connectivity index (χ0n) is 4.89. The Bertz CT molecular complexity index is 232. The van der Waals surface area contributed by atoms with Crippen LogP contribution in [0.5, 0.6) is 5.88 Å². The minimum absolute atomic E-state index is 0. The van der Waals surface area contributed by atoms with E-state index in [2.05, 4.69) is 14.5 Å². The fraction of sp³-hybridized carbons (Fsp3) is 0. The summed E-state index contributed by atoms with van der Waals surface area (Å²) < 4.78 is 14.4. The summed E-state index contributed by atoms with van der Waals surface area (Å²) >= 11 is 0. The molecule has 7 heteroatoms. The van der Waals surface area contributed by atoms with Crippen molar-refractivity contribution in [1.29, 1.82) is 0 Å². The molecule has 1 aromatic heterocycles. The average molecular weight is 200 g/mol. The molecule has 1 rings (SSSR count). The van der Waals surface area contributed by atoms with E-state index in [1.807, 2.05) is 0 Å². The maximum absolute atomic E-state index is 10.1. The van der Waals surface area contributed by atoms with Crippen molar-refractivity contribution in [2.24, 2.45) is 0 Å². The first-order valence-corrected chi connectivity index (χ1v) is 3.72. The summed E-state index contributed by atoms with van der Waals surface area (Å²) in [6.45, 7) is 0. The van der Waals surface area contributed by atoms with Gasteiger partial charge in [0.05, 0.1) is 6.20 Å². The normalized spacial score (nSPS) is 11.4. The van der Waals surface area contributed by atoms with Gasteiger partial charge in [0.15, 0.2) is 0 Å². The van der Waals surface area contributed by atoms with Gasteiger partial charge in [0, 0.05) is 12.4 Å². The van der Waals surface area contributed by atoms with Gasteiger partial charge in [-0.05, 0) is 0 Å². The summed E-state index contributed by atoms with van der Waals surface area (Å²) in [7, 11) is -2.94. The van der Waals surface area contributed by atoms with Crippen LogP contribution in [0.3, 0.4) is 0 Å². The zero-order chi connectivity index (χ0) is 7.40. The van der Waals surface area contributed by atoms with Gasteiger partial charge in [0.2, 0.25) is 5.88 Å². The molecule has 11 heavy (non-hydrogen) atoms. The standard InChI is InChI=1S/C4H5N2O3P.K.H/c7-10(8)9-4-3-5-1-2-6-4;;/h1-3,10H,(H,7,8);;. The Labute approximate surface area is 107 Å². The molecule has 5 nitrogen and oxygen atoms in total. The Morgan fingerprint density at radius 3 is 2.73 bits per heavy atom. The van der Waals surface area contributed by atoms with E-state index in [1.165, 1.54) is 18.6 Å². The van der Waals surface area contributed by atoms with Crippen LogP contribution in [0.4, 0.5) is 0 Å². The van der Waals surface area contributed by atoms with Crippen LogP contribution in [0, 0.1) is 0 Å². The Kier molecular flexibility index (Phi) is 6.65. The molecule has 0 aliphatic rings. The quantitative estimate of drug-likeness (QED) is 0.519. The van der Waals surface area contributed by atoms with Crippen LogP contribution >= 0.6 is 8.25 Å². The second-order valence-corrected chi connectivity index (χ2v) is 2.15. The molecule has 1 heterocycles. The summed E-state index contributed by atoms with van der Waals surface area (Å²) in [5.41, 5.74) is 0. The molecule has 1 aromatic rings. The van der Waals surface area contributed by atoms with Gasteiger partial charge in [-0.3, -0.25) is 4.98 Å². The Balaban J connectivity index is 0.000001000. The predicted octanol–water partition coefficient (Wildman–Crippen LogP) is -0.411. The molecule has 0 aromatic carbocycles. The van der Waals surface area contributed by atoms with Gasteiger partial charge in [-0.15, -0.1) is 0 Å². The van der Waals surface area contributed by atoms with Crippen molar-refractivity contribution in [3.05, 3.63) is 18.6 Å². The first-order chi connectivity index (χ1) is 4.79. The molecule has 0 fully saturated rings. The van der Waals surface area contributed by atoms with Crippen molar-refractivity contribution in [3.8, 4) is 5.88 Å². The van der Waals surface area contributed by atoms with Crippen LogP contribution in [-0.4, -0.2) is 66.2 Å². The van der Waals surface area contributed by atoms with Gasteiger partial charge < -0.3 is 9.42 Å². The number of hydrogen-bond donors (Lipinski definition) is 1. The monoisotopic (exact) mass is 200 g/mol. The number of rotatable bonds is 2. The van der Waals surface area contributed by atoms with E-state index < -0.39 is 8.25 Å². The molecule has 1 N–H and O–H groups in total. The fourth-order valence-corrected chi connectivity index (χ4v) is 0.712. The molecule has 56 valence electrons. The molecular weight excluding hydrogens is 194 g/mol. The second-order valence-electron chi connectivity index (χ2n) is 1.41. The summed E-state index contributed by atoms with van der Waals surface area (Å²) in [5, 5.41) is 0. The van der Waals surface area contributed by atoms with Crippen molar-refractivity contribution in [1.82, 2.24) is 9.97 Å². The van der Waals surface area contributed by atoms with Crippen LogP contribution in [0.25, 0.3) is 0 Å². The minimum atomic E-state index is -2.94. The van der Waals surface area contributed by atoms with E-state index in [9.17, 15) is 4.57 Å². The van der Waals surface area contributed by atoms with E-state index in [0.717, 1.165) is 0 Å². The SMILES string of the molecule is O=[PH](O)Oc1cnccn1.[KH]. The van der Waals surface area contributed by atoms with Crippen LogP contribution in [0.1, 0.15) is 0 Å². The van der Waals surface area contributed by atoms with E-state index in [-0.39, 0.29) is 57.3 Å². The Morgan fingerprint density at radius 1 is 1.55 bits per heavy atom. The van der Waals surface area contributed by atoms with Crippen molar-refractivity contribution < 1.29 is 14.0 Å². The molecule has 0 aliphatic heterocycles. The number of hydrogen-bond acceptors (Lipinski definition) is 4. The first kappa shape index (κ1) is 11.7. The van der Waals surface area contributed by atoms with Crippen molar-refractivity contribution in [2.75, 3.05) is 0 Å². The molecule has 1 unspecified atom stereocenters. The number of aromatic nitrogens is 2. The van der Waals surface area contributed by atoms with Gasteiger partial charge >= 0.3 is 59.6 Å². The van der Waals surface area contributed by atoms with Crippen LogP contribution in [0.2, 0.25) is 0 Å². The molecule has 0 saturated carbocycles. The Morgan fingerprint density at radius 2 is 2.27 bits per heavy atom. The average Bonchev–Trinajstić information content (AvgIpc) is 1.88. The molecular formula is C4H6KN2O3P. The second kappa shape index (κ2) is 6.25. The third kappa shape index (κ3) is 5.03. The molecule has 0 bridgehead atoms. The van der Waals surface area contributed by atoms with E-state index >= 15 is 0 Å². The third-order valence-corrected chi connectivity index (χ3v) is 1.12. The molecule has 0 saturated heterocycles. The zero-order valence-corrected chi connectivity index (χ0v) is 5.89. The van der Waals surface area contributed by atoms with Gasteiger partial charge in [0.25, 0.3) is 0 Å². The van der Waals surface area contributed by atoms with Crippen LogP contribution in [0.15, 0.2) is 18.6 Å². The summed E-state index contributed by atoms with van der Waals surface area (Å²) in [6.07, 6.45) is 4.08. The van der Waals surface area contributed by atoms with E-state index in [1.54, 1.807) is 0 Å². The van der Waals surface area contributed by atoms with Gasteiger partial charge in [-0.1, -0.05) is 0 Å². The summed E-state index contributed by atoms with van der Waals surface area (Å²) in [4.78, 5) is 15.5. The molecule has 0 radical (unpaired) electrons. The third-order valence-electron chi connectivity index (χ3n) is 0.731. The number of nitrogens with zero attached hydrogens (tertiary/aromatic N) is 2. The van der Waals surface area contributed by atoms with E-state index in [4.69, 9.17) is 4.89 Å². The topological polar surface area (TPSA) is 72.3 Å². The molecule has 1 atom stereocenters. The van der Waals surface area contributed by atoms with Gasteiger partial charge in [-0.25, -0.2) is 9.55 Å². The molecule has 0 aliphatic carbocycles. The van der Waals surface area contributed by atoms with Crippen molar-refractivity contribution in [2.45, 2.75) is 0 Å². The van der Waals surface area contributed by atoms with E-state index in [0.29, 0.717) is 0 Å². The van der Waals surface area contributed by atoms with Crippen molar-refractivity contribution in [3.63, 3.8) is 0 Å². The molecule has 0 spiro atoms. The summed E-state index contributed by atoms with van der Waals surface area (Å²) in [5.74, 6) is 0.0638. The van der Waals surface area contributed by atoms with Crippen molar-refractivity contribution >= 4 is 59.6 Å². The van der Waals surface area contributed by atoms with Crippen LogP contribution < -0.4 is 4.52 Å². The summed E-state index contributed by atoms with van der Waals surface area (Å²) in [6, 6.07) is 0. The Hall–Kier alpha value is 0.706. The van der Waals surface area contributed by atoms with Gasteiger partial charge in [0.1, 0.15) is 0 Å². The maximum atomic E-state index is 10.1. The molecule has 0 amide bonds. The fourth-order valence-electron chi connectivity index (χ4n) is 0.428. The van der Waals surface area contributed by atoms with Crippen LogP contribution in [-0.2, 0) is 4.57 Å². The van der Waals surface area contributed by atoms with Gasteiger partial charge in [-0.2, -0.15) is 0 Å². The first-order valence-electron chi connectivity index (χ1n) is 2.46.